The fourth-order valence-corrected chi connectivity index (χ4v) is 3.03. The van der Waals surface area contributed by atoms with Crippen LogP contribution in [0.1, 0.15) is 29.2 Å². The molecule has 0 radical (unpaired) electrons. The van der Waals surface area contributed by atoms with Gasteiger partial charge in [0, 0.05) is 23.3 Å². The van der Waals surface area contributed by atoms with Crippen LogP contribution >= 0.6 is 0 Å². The molecule has 0 bridgehead atoms. The van der Waals surface area contributed by atoms with E-state index in [9.17, 15) is 14.0 Å². The van der Waals surface area contributed by atoms with Gasteiger partial charge in [-0.25, -0.2) is 14.0 Å². The molecular formula is C31H27FO5. The molecule has 3 aromatic carbocycles. The molecule has 3 aromatic rings. The van der Waals surface area contributed by atoms with E-state index in [-0.39, 0.29) is 24.5 Å². The minimum Gasteiger partial charge on any atom is -0.490 e. The van der Waals surface area contributed by atoms with Crippen LogP contribution in [0.25, 0.3) is 24.3 Å². The summed E-state index contributed by atoms with van der Waals surface area (Å²) in [6.07, 6.45) is 8.56. The Morgan fingerprint density at radius 1 is 0.811 bits per heavy atom. The van der Waals surface area contributed by atoms with E-state index in [1.165, 1.54) is 19.1 Å². The lowest BCUT2D eigenvalue weighted by atomic mass is 10.1. The van der Waals surface area contributed by atoms with Gasteiger partial charge in [0.1, 0.15) is 30.5 Å². The molecule has 6 heteroatoms. The number of carbonyl (C=O) groups excluding carboxylic acids is 2. The number of carbonyl (C=O) groups is 2. The second kappa shape index (κ2) is 13.4. The molecule has 0 unspecified atom stereocenters. The number of ether oxygens (including phenoxy) is 3. The molecule has 37 heavy (non-hydrogen) atoms. The molecule has 0 aliphatic rings. The van der Waals surface area contributed by atoms with Crippen molar-refractivity contribution in [1.82, 2.24) is 0 Å². The van der Waals surface area contributed by atoms with E-state index in [4.69, 9.17) is 14.2 Å². The van der Waals surface area contributed by atoms with E-state index in [1.54, 1.807) is 12.1 Å². The highest BCUT2D eigenvalue weighted by Crippen LogP contribution is 2.20. The van der Waals surface area contributed by atoms with E-state index < -0.39 is 17.8 Å². The van der Waals surface area contributed by atoms with E-state index in [0.717, 1.165) is 22.8 Å². The molecule has 0 atom stereocenters. The number of esters is 2. The maximum absolute atomic E-state index is 14.4. The minimum atomic E-state index is -0.594. The Morgan fingerprint density at radius 3 is 1.89 bits per heavy atom. The number of hydrogen-bond acceptors (Lipinski definition) is 5. The SMILES string of the molecule is C=CC(=O)OCCOc1ccc(/C=C/c2ccc(/C=C/c3ccc(OC(=O)C(=C)C)cc3F)cc2)cc1. The topological polar surface area (TPSA) is 61.8 Å². The molecular weight excluding hydrogens is 471 g/mol. The second-order valence-corrected chi connectivity index (χ2v) is 7.98. The van der Waals surface area contributed by atoms with Crippen molar-refractivity contribution in [3.63, 3.8) is 0 Å². The normalized spacial score (nSPS) is 10.9. The Morgan fingerprint density at radius 2 is 1.35 bits per heavy atom. The van der Waals surface area contributed by atoms with Gasteiger partial charge < -0.3 is 14.2 Å². The third kappa shape index (κ3) is 8.78. The predicted octanol–water partition coefficient (Wildman–Crippen LogP) is 6.76. The highest BCUT2D eigenvalue weighted by atomic mass is 19.1. The van der Waals surface area contributed by atoms with Crippen molar-refractivity contribution in [3.05, 3.63) is 120 Å². The van der Waals surface area contributed by atoms with Crippen molar-refractivity contribution in [2.75, 3.05) is 13.2 Å². The summed E-state index contributed by atoms with van der Waals surface area (Å²) in [5, 5.41) is 0. The highest BCUT2D eigenvalue weighted by Gasteiger charge is 2.08. The first-order chi connectivity index (χ1) is 17.8. The zero-order valence-corrected chi connectivity index (χ0v) is 20.5. The Hall–Kier alpha value is -4.71. The van der Waals surface area contributed by atoms with Crippen LogP contribution in [0.2, 0.25) is 0 Å². The molecule has 0 saturated heterocycles. The Labute approximate surface area is 215 Å². The molecule has 3 rings (SSSR count). The highest BCUT2D eigenvalue weighted by molar-refractivity contribution is 5.88. The van der Waals surface area contributed by atoms with Crippen LogP contribution in [-0.2, 0) is 14.3 Å². The maximum atomic E-state index is 14.4. The Bertz CT molecular complexity index is 1320. The van der Waals surface area contributed by atoms with Crippen molar-refractivity contribution in [1.29, 1.82) is 0 Å². The standard InChI is InChI=1S/C31H27FO5/c1-4-30(33)36-20-19-35-27-16-12-25(13-17-27)10-7-23-5-8-24(9-6-23)11-14-26-15-18-28(21-29(26)32)37-31(34)22(2)3/h4-18,21H,1-2,19-20H2,3H3/b10-7+,14-11+. The molecule has 188 valence electrons. The van der Waals surface area contributed by atoms with Gasteiger partial charge in [0.2, 0.25) is 0 Å². The van der Waals surface area contributed by atoms with Crippen molar-refractivity contribution < 1.29 is 28.2 Å². The minimum absolute atomic E-state index is 0.132. The zero-order valence-electron chi connectivity index (χ0n) is 20.5. The van der Waals surface area contributed by atoms with Crippen LogP contribution in [0, 0.1) is 5.82 Å². The van der Waals surface area contributed by atoms with E-state index >= 15 is 0 Å². The van der Waals surface area contributed by atoms with Crippen LogP contribution in [0.15, 0.2) is 91.5 Å². The molecule has 0 aromatic heterocycles. The third-order valence-electron chi connectivity index (χ3n) is 5.03. The summed E-state index contributed by atoms with van der Waals surface area (Å²) in [5.41, 5.74) is 3.55. The third-order valence-corrected chi connectivity index (χ3v) is 5.03. The lowest BCUT2D eigenvalue weighted by Crippen LogP contribution is -2.10. The van der Waals surface area contributed by atoms with Gasteiger partial charge in [-0.15, -0.1) is 0 Å². The summed E-state index contributed by atoms with van der Waals surface area (Å²) in [4.78, 5) is 22.6. The fraction of sp³-hybridized carbons (Fsp3) is 0.0968. The van der Waals surface area contributed by atoms with Crippen LogP contribution in [0.4, 0.5) is 4.39 Å². The Balaban J connectivity index is 1.53. The number of halogens is 1. The summed E-state index contributed by atoms with van der Waals surface area (Å²) in [5.74, 6) is -0.745. The summed E-state index contributed by atoms with van der Waals surface area (Å²) >= 11 is 0. The largest absolute Gasteiger partial charge is 0.490 e. The summed E-state index contributed by atoms with van der Waals surface area (Å²) in [7, 11) is 0. The lowest BCUT2D eigenvalue weighted by molar-refractivity contribution is -0.138. The average molecular weight is 499 g/mol. The quantitative estimate of drug-likeness (QED) is 0.0961. The molecule has 0 aliphatic carbocycles. The van der Waals surface area contributed by atoms with E-state index in [2.05, 4.69) is 13.2 Å². The van der Waals surface area contributed by atoms with Gasteiger partial charge in [-0.3, -0.25) is 0 Å². The number of benzene rings is 3. The Kier molecular flexibility index (Phi) is 9.74. The van der Waals surface area contributed by atoms with Gasteiger partial charge in [0.25, 0.3) is 0 Å². The molecule has 0 fully saturated rings. The van der Waals surface area contributed by atoms with Crippen LogP contribution in [-0.4, -0.2) is 25.2 Å². The first-order valence-electron chi connectivity index (χ1n) is 11.5. The van der Waals surface area contributed by atoms with Crippen molar-refractivity contribution in [3.8, 4) is 11.5 Å². The van der Waals surface area contributed by atoms with Crippen molar-refractivity contribution in [2.24, 2.45) is 0 Å². The predicted molar refractivity (Wildman–Crippen MR) is 144 cm³/mol. The van der Waals surface area contributed by atoms with Gasteiger partial charge in [0.15, 0.2) is 0 Å². The average Bonchev–Trinajstić information content (AvgIpc) is 2.90. The summed E-state index contributed by atoms with van der Waals surface area (Å²) in [6, 6.07) is 19.6. The van der Waals surface area contributed by atoms with Gasteiger partial charge in [0.05, 0.1) is 0 Å². The van der Waals surface area contributed by atoms with Gasteiger partial charge in [-0.05, 0) is 47.9 Å². The van der Waals surface area contributed by atoms with Crippen LogP contribution in [0.3, 0.4) is 0 Å². The molecule has 0 aliphatic heterocycles. The van der Waals surface area contributed by atoms with E-state index in [0.29, 0.717) is 11.3 Å². The van der Waals surface area contributed by atoms with Gasteiger partial charge in [-0.1, -0.05) is 73.9 Å². The van der Waals surface area contributed by atoms with Gasteiger partial charge >= 0.3 is 11.9 Å². The summed E-state index contributed by atoms with van der Waals surface area (Å²) in [6.45, 7) is 8.79. The first-order valence-corrected chi connectivity index (χ1v) is 11.5. The molecule has 0 heterocycles. The zero-order chi connectivity index (χ0) is 26.6. The van der Waals surface area contributed by atoms with Crippen molar-refractivity contribution >= 4 is 36.2 Å². The molecule has 0 amide bonds. The summed E-state index contributed by atoms with van der Waals surface area (Å²) < 4.78 is 29.8. The molecule has 0 saturated carbocycles. The monoisotopic (exact) mass is 498 g/mol. The fourth-order valence-electron chi connectivity index (χ4n) is 3.03. The van der Waals surface area contributed by atoms with Gasteiger partial charge in [-0.2, -0.15) is 0 Å². The molecule has 5 nitrogen and oxygen atoms in total. The first kappa shape index (κ1) is 26.9. The van der Waals surface area contributed by atoms with E-state index in [1.807, 2.05) is 66.8 Å². The number of hydrogen-bond donors (Lipinski definition) is 0. The molecule has 0 spiro atoms. The van der Waals surface area contributed by atoms with Crippen molar-refractivity contribution in [2.45, 2.75) is 6.92 Å². The second-order valence-electron chi connectivity index (χ2n) is 7.98. The van der Waals surface area contributed by atoms with Crippen LogP contribution in [0.5, 0.6) is 11.5 Å². The smallest absolute Gasteiger partial charge is 0.338 e. The lowest BCUT2D eigenvalue weighted by Gasteiger charge is -2.06. The van der Waals surface area contributed by atoms with Crippen LogP contribution < -0.4 is 9.47 Å². The molecule has 0 N–H and O–H groups in total. The number of rotatable bonds is 11. The maximum Gasteiger partial charge on any atom is 0.338 e.